The highest BCUT2D eigenvalue weighted by Gasteiger charge is 2.12. The molecule has 3 aromatic heterocycles. The Morgan fingerprint density at radius 1 is 1.00 bits per heavy atom. The summed E-state index contributed by atoms with van der Waals surface area (Å²) < 4.78 is 1.06. The molecule has 0 aliphatic carbocycles. The van der Waals surface area contributed by atoms with Gasteiger partial charge in [-0.25, -0.2) is 19.9 Å². The molecular weight excluding hydrogens is 392 g/mol. The van der Waals surface area contributed by atoms with Crippen molar-refractivity contribution in [2.24, 2.45) is 0 Å². The van der Waals surface area contributed by atoms with Gasteiger partial charge >= 0.3 is 0 Å². The molecule has 0 saturated heterocycles. The van der Waals surface area contributed by atoms with E-state index < -0.39 is 0 Å². The molecule has 1 amide bonds. The second-order valence-electron chi connectivity index (χ2n) is 6.46. The Balaban J connectivity index is 1.40. The fourth-order valence-corrected chi connectivity index (χ4v) is 4.42. The van der Waals surface area contributed by atoms with Gasteiger partial charge in [-0.3, -0.25) is 4.79 Å². The molecule has 142 valence electrons. The van der Waals surface area contributed by atoms with Gasteiger partial charge < -0.3 is 10.6 Å². The standard InChI is InChI=1S/C19H18N6OS2/c1-10-4-5-14-15(6-10)28-19(23-14)24-16(26)8-13-9-27-18(22-13)25-17-20-11(2)7-12(3)21-17/h4-7,9H,8H2,1-3H3,(H,23,24,26)(H,20,21,22,25). The molecule has 7 nitrogen and oxygen atoms in total. The van der Waals surface area contributed by atoms with E-state index in [0.717, 1.165) is 21.6 Å². The number of rotatable bonds is 5. The summed E-state index contributed by atoms with van der Waals surface area (Å²) in [5.74, 6) is 0.364. The number of aromatic nitrogens is 4. The smallest absolute Gasteiger partial charge is 0.232 e. The summed E-state index contributed by atoms with van der Waals surface area (Å²) in [4.78, 5) is 29.9. The number of nitrogens with one attached hydrogen (secondary N) is 2. The van der Waals surface area contributed by atoms with E-state index in [1.54, 1.807) is 0 Å². The molecular formula is C19H18N6OS2. The maximum absolute atomic E-state index is 12.4. The normalized spacial score (nSPS) is 11.0. The van der Waals surface area contributed by atoms with Gasteiger partial charge in [-0.05, 0) is 44.5 Å². The van der Waals surface area contributed by atoms with Crippen LogP contribution in [0.5, 0.6) is 0 Å². The van der Waals surface area contributed by atoms with Crippen molar-refractivity contribution in [3.63, 3.8) is 0 Å². The molecule has 1 aromatic carbocycles. The van der Waals surface area contributed by atoms with Crippen molar-refractivity contribution in [1.82, 2.24) is 19.9 Å². The molecule has 0 atom stereocenters. The molecule has 0 unspecified atom stereocenters. The Labute approximate surface area is 169 Å². The van der Waals surface area contributed by atoms with Crippen LogP contribution >= 0.6 is 22.7 Å². The summed E-state index contributed by atoms with van der Waals surface area (Å²) in [6.07, 6.45) is 0.181. The highest BCUT2D eigenvalue weighted by atomic mass is 32.1. The van der Waals surface area contributed by atoms with Gasteiger partial charge in [0.1, 0.15) is 0 Å². The first-order chi connectivity index (χ1) is 13.4. The largest absolute Gasteiger partial charge is 0.302 e. The topological polar surface area (TPSA) is 92.7 Å². The van der Waals surface area contributed by atoms with Crippen LogP contribution in [0.15, 0.2) is 29.6 Å². The van der Waals surface area contributed by atoms with Crippen LogP contribution < -0.4 is 10.6 Å². The van der Waals surface area contributed by atoms with Crippen LogP contribution in [0.3, 0.4) is 0 Å². The van der Waals surface area contributed by atoms with Crippen molar-refractivity contribution in [3.8, 4) is 0 Å². The van der Waals surface area contributed by atoms with E-state index in [2.05, 4.69) is 36.6 Å². The quantitative estimate of drug-likeness (QED) is 0.507. The highest BCUT2D eigenvalue weighted by molar-refractivity contribution is 7.22. The van der Waals surface area contributed by atoms with Gasteiger partial charge in [-0.1, -0.05) is 17.4 Å². The Kier molecular flexibility index (Phi) is 5.01. The van der Waals surface area contributed by atoms with Gasteiger partial charge in [-0.15, -0.1) is 11.3 Å². The third-order valence-corrected chi connectivity index (χ3v) is 5.62. The number of aryl methyl sites for hydroxylation is 3. The zero-order valence-corrected chi connectivity index (χ0v) is 17.2. The van der Waals surface area contributed by atoms with Gasteiger partial charge in [0, 0.05) is 16.8 Å². The van der Waals surface area contributed by atoms with Crippen LogP contribution in [0.2, 0.25) is 0 Å². The Bertz CT molecular complexity index is 1150. The second kappa shape index (κ2) is 7.61. The summed E-state index contributed by atoms with van der Waals surface area (Å²) in [7, 11) is 0. The van der Waals surface area contributed by atoms with Crippen LogP contribution in [0.25, 0.3) is 10.2 Å². The van der Waals surface area contributed by atoms with E-state index in [1.165, 1.54) is 28.2 Å². The molecule has 0 bridgehead atoms. The van der Waals surface area contributed by atoms with Crippen LogP contribution in [-0.4, -0.2) is 25.8 Å². The monoisotopic (exact) mass is 410 g/mol. The Hall–Kier alpha value is -2.91. The first-order valence-corrected chi connectivity index (χ1v) is 10.3. The van der Waals surface area contributed by atoms with Crippen molar-refractivity contribution in [2.45, 2.75) is 27.2 Å². The predicted molar refractivity (Wildman–Crippen MR) is 114 cm³/mol. The molecule has 28 heavy (non-hydrogen) atoms. The lowest BCUT2D eigenvalue weighted by Gasteiger charge is -2.03. The highest BCUT2D eigenvalue weighted by Crippen LogP contribution is 2.27. The number of thiazole rings is 2. The third kappa shape index (κ3) is 4.32. The SMILES string of the molecule is Cc1ccc2nc(NC(=O)Cc3csc(Nc4nc(C)cc(C)n4)n3)sc2c1. The summed E-state index contributed by atoms with van der Waals surface area (Å²) in [5, 5.41) is 9.07. The number of anilines is 3. The predicted octanol–water partition coefficient (Wildman–Crippen LogP) is 4.39. The van der Waals surface area contributed by atoms with E-state index in [0.29, 0.717) is 21.9 Å². The van der Waals surface area contributed by atoms with Crippen molar-refractivity contribution in [2.75, 3.05) is 10.6 Å². The van der Waals surface area contributed by atoms with Crippen LogP contribution in [0.4, 0.5) is 16.2 Å². The first-order valence-electron chi connectivity index (χ1n) is 8.65. The number of amides is 1. The molecule has 0 fully saturated rings. The lowest BCUT2D eigenvalue weighted by atomic mass is 10.2. The minimum Gasteiger partial charge on any atom is -0.302 e. The summed E-state index contributed by atoms with van der Waals surface area (Å²) >= 11 is 2.88. The molecule has 0 spiro atoms. The molecule has 9 heteroatoms. The van der Waals surface area contributed by atoms with Crippen molar-refractivity contribution in [3.05, 3.63) is 52.3 Å². The van der Waals surface area contributed by atoms with E-state index >= 15 is 0 Å². The molecule has 0 radical (unpaired) electrons. The number of benzene rings is 1. The average Bonchev–Trinajstić information content (AvgIpc) is 3.19. The van der Waals surface area contributed by atoms with Gasteiger partial charge in [0.15, 0.2) is 10.3 Å². The number of fused-ring (bicyclic) bond motifs is 1. The average molecular weight is 411 g/mol. The van der Waals surface area contributed by atoms with Gasteiger partial charge in [0.05, 0.1) is 22.3 Å². The molecule has 0 aliphatic rings. The Morgan fingerprint density at radius 2 is 1.79 bits per heavy atom. The zero-order chi connectivity index (χ0) is 19.7. The molecule has 0 aliphatic heterocycles. The third-order valence-electron chi connectivity index (χ3n) is 3.88. The molecule has 4 rings (SSSR count). The fourth-order valence-electron chi connectivity index (χ4n) is 2.74. The first kappa shape index (κ1) is 18.5. The van der Waals surface area contributed by atoms with E-state index in [9.17, 15) is 4.79 Å². The van der Waals surface area contributed by atoms with Gasteiger partial charge in [0.2, 0.25) is 11.9 Å². The molecule has 4 aromatic rings. The van der Waals surface area contributed by atoms with Crippen LogP contribution in [0, 0.1) is 20.8 Å². The minimum atomic E-state index is -0.143. The molecule has 3 heterocycles. The minimum absolute atomic E-state index is 0.143. The maximum atomic E-state index is 12.4. The molecule has 2 N–H and O–H groups in total. The van der Waals surface area contributed by atoms with Crippen molar-refractivity contribution in [1.29, 1.82) is 0 Å². The maximum Gasteiger partial charge on any atom is 0.232 e. The van der Waals surface area contributed by atoms with Gasteiger partial charge in [0.25, 0.3) is 0 Å². The summed E-state index contributed by atoms with van der Waals surface area (Å²) in [5.41, 5.74) is 4.52. The lowest BCUT2D eigenvalue weighted by molar-refractivity contribution is -0.115. The summed E-state index contributed by atoms with van der Waals surface area (Å²) in [6.45, 7) is 5.87. The van der Waals surface area contributed by atoms with Crippen molar-refractivity contribution >= 4 is 55.0 Å². The van der Waals surface area contributed by atoms with Crippen LogP contribution in [0.1, 0.15) is 22.6 Å². The number of carbonyl (C=O) groups is 1. The zero-order valence-electron chi connectivity index (χ0n) is 15.6. The number of carbonyl (C=O) groups excluding carboxylic acids is 1. The molecule has 0 saturated carbocycles. The number of hydrogen-bond acceptors (Lipinski definition) is 8. The number of nitrogens with zero attached hydrogens (tertiary/aromatic N) is 4. The van der Waals surface area contributed by atoms with Gasteiger partial charge in [-0.2, -0.15) is 0 Å². The number of hydrogen-bond donors (Lipinski definition) is 2. The Morgan fingerprint density at radius 3 is 2.57 bits per heavy atom. The van der Waals surface area contributed by atoms with E-state index in [1.807, 2.05) is 44.4 Å². The van der Waals surface area contributed by atoms with E-state index in [4.69, 9.17) is 0 Å². The van der Waals surface area contributed by atoms with Crippen molar-refractivity contribution < 1.29 is 4.79 Å². The van der Waals surface area contributed by atoms with E-state index in [-0.39, 0.29) is 12.3 Å². The summed E-state index contributed by atoms with van der Waals surface area (Å²) in [6, 6.07) is 7.95. The second-order valence-corrected chi connectivity index (χ2v) is 8.35. The van der Waals surface area contributed by atoms with Crippen LogP contribution in [-0.2, 0) is 11.2 Å². The lowest BCUT2D eigenvalue weighted by Crippen LogP contribution is -2.14. The fraction of sp³-hybridized carbons (Fsp3) is 0.211.